The maximum Gasteiger partial charge on any atom is 0.254 e. The number of carbonyl (C=O) groups is 1. The van der Waals surface area contributed by atoms with Crippen LogP contribution in [-0.4, -0.2) is 41.5 Å². The van der Waals surface area contributed by atoms with E-state index in [9.17, 15) is 9.18 Å². The van der Waals surface area contributed by atoms with Crippen LogP contribution in [-0.2, 0) is 0 Å². The second-order valence-corrected chi connectivity index (χ2v) is 5.62. The van der Waals surface area contributed by atoms with E-state index < -0.39 is 5.82 Å². The predicted molar refractivity (Wildman–Crippen MR) is 71.5 cm³/mol. The lowest BCUT2D eigenvalue weighted by Gasteiger charge is -2.38. The van der Waals surface area contributed by atoms with Crippen molar-refractivity contribution in [2.24, 2.45) is 0 Å². The Kier molecular flexibility index (Phi) is 3.85. The van der Waals surface area contributed by atoms with Crippen molar-refractivity contribution in [1.82, 2.24) is 15.2 Å². The van der Waals surface area contributed by atoms with E-state index in [-0.39, 0.29) is 17.0 Å². The fourth-order valence-electron chi connectivity index (χ4n) is 2.30. The molecule has 1 aromatic rings. The number of carbonyl (C=O) groups excluding carboxylic acids is 1. The van der Waals surface area contributed by atoms with Gasteiger partial charge in [-0.15, -0.1) is 0 Å². The summed E-state index contributed by atoms with van der Waals surface area (Å²) in [6.07, 6.45) is 2.85. The molecule has 2 heterocycles. The summed E-state index contributed by atoms with van der Waals surface area (Å²) in [5.74, 6) is -0.922. The highest BCUT2D eigenvalue weighted by Crippen LogP contribution is 2.21. The fraction of sp³-hybridized carbons (Fsp3) is 0.571. The number of nitrogens with zero attached hydrogens (tertiary/aromatic N) is 2. The van der Waals surface area contributed by atoms with E-state index in [0.29, 0.717) is 5.69 Å². The summed E-state index contributed by atoms with van der Waals surface area (Å²) in [5.41, 5.74) is 0.459. The Morgan fingerprint density at radius 2 is 2.11 bits per heavy atom. The molecule has 1 aliphatic heterocycles. The van der Waals surface area contributed by atoms with E-state index in [4.69, 9.17) is 0 Å². The normalized spacial score (nSPS) is 19.2. The molecule has 0 atom stereocenters. The summed E-state index contributed by atoms with van der Waals surface area (Å²) in [7, 11) is 2.06. The maximum atomic E-state index is 13.6. The van der Waals surface area contributed by atoms with Gasteiger partial charge in [0.2, 0.25) is 0 Å². The number of rotatable bonds is 2. The summed E-state index contributed by atoms with van der Waals surface area (Å²) >= 11 is 0. The smallest absolute Gasteiger partial charge is 0.254 e. The molecule has 2 rings (SSSR count). The highest BCUT2D eigenvalue weighted by molar-refractivity contribution is 5.95. The van der Waals surface area contributed by atoms with Gasteiger partial charge in [-0.1, -0.05) is 0 Å². The first-order valence-corrected chi connectivity index (χ1v) is 6.53. The molecule has 0 aliphatic carbocycles. The Labute approximate surface area is 113 Å². The monoisotopic (exact) mass is 265 g/mol. The summed E-state index contributed by atoms with van der Waals surface area (Å²) in [6, 6.07) is 1.49. The molecule has 0 aromatic carbocycles. The van der Waals surface area contributed by atoms with Crippen molar-refractivity contribution in [3.63, 3.8) is 0 Å². The molecular weight excluding hydrogens is 245 g/mol. The quantitative estimate of drug-likeness (QED) is 0.886. The van der Waals surface area contributed by atoms with Gasteiger partial charge in [0, 0.05) is 24.3 Å². The van der Waals surface area contributed by atoms with Crippen molar-refractivity contribution in [1.29, 1.82) is 0 Å². The maximum absolute atomic E-state index is 13.6. The molecular formula is C14H20FN3O. The topological polar surface area (TPSA) is 45.2 Å². The first-order valence-electron chi connectivity index (χ1n) is 6.53. The first kappa shape index (κ1) is 13.9. The van der Waals surface area contributed by atoms with Crippen LogP contribution in [0.25, 0.3) is 0 Å². The van der Waals surface area contributed by atoms with Gasteiger partial charge in [0.25, 0.3) is 5.91 Å². The third-order valence-corrected chi connectivity index (χ3v) is 3.74. The zero-order valence-electron chi connectivity index (χ0n) is 11.7. The van der Waals surface area contributed by atoms with Crippen molar-refractivity contribution >= 4 is 5.91 Å². The first-order chi connectivity index (χ1) is 8.89. The summed E-state index contributed by atoms with van der Waals surface area (Å²) in [4.78, 5) is 18.2. The Balaban J connectivity index is 2.10. The van der Waals surface area contributed by atoms with Crippen molar-refractivity contribution in [2.75, 3.05) is 20.1 Å². The molecule has 1 saturated heterocycles. The number of hydrogen-bond donors (Lipinski definition) is 1. The minimum atomic E-state index is -0.570. The molecule has 1 amide bonds. The van der Waals surface area contributed by atoms with Crippen LogP contribution in [0.4, 0.5) is 4.39 Å². The van der Waals surface area contributed by atoms with Gasteiger partial charge in [-0.25, -0.2) is 4.39 Å². The van der Waals surface area contributed by atoms with Crippen LogP contribution < -0.4 is 5.32 Å². The molecule has 0 spiro atoms. The van der Waals surface area contributed by atoms with Crippen LogP contribution >= 0.6 is 0 Å². The minimum absolute atomic E-state index is 0.0765. The third kappa shape index (κ3) is 3.29. The number of likely N-dealkylation sites (tertiary alicyclic amines) is 1. The lowest BCUT2D eigenvalue weighted by molar-refractivity contribution is 0.0847. The van der Waals surface area contributed by atoms with E-state index in [1.807, 2.05) is 6.92 Å². The number of piperidine rings is 1. The SMILES string of the molecule is Cc1cc(C(=O)NC2(C)CCN(C)CC2)c(F)cn1. The van der Waals surface area contributed by atoms with Crippen molar-refractivity contribution < 1.29 is 9.18 Å². The number of pyridine rings is 1. The molecule has 19 heavy (non-hydrogen) atoms. The molecule has 1 aromatic heterocycles. The van der Waals surface area contributed by atoms with Crippen molar-refractivity contribution in [3.8, 4) is 0 Å². The fourth-order valence-corrected chi connectivity index (χ4v) is 2.30. The molecule has 1 N–H and O–H groups in total. The Bertz CT molecular complexity index is 482. The van der Waals surface area contributed by atoms with Crippen molar-refractivity contribution in [3.05, 3.63) is 29.3 Å². The lowest BCUT2D eigenvalue weighted by atomic mass is 9.89. The van der Waals surface area contributed by atoms with Gasteiger partial charge in [0.05, 0.1) is 11.8 Å². The standard InChI is InChI=1S/C14H20FN3O/c1-10-8-11(12(15)9-16-10)13(19)17-14(2)4-6-18(3)7-5-14/h8-9H,4-7H2,1-3H3,(H,17,19). The van der Waals surface area contributed by atoms with E-state index in [2.05, 4.69) is 22.2 Å². The van der Waals surface area contributed by atoms with E-state index >= 15 is 0 Å². The average Bonchev–Trinajstić information content (AvgIpc) is 2.36. The number of amides is 1. The molecule has 1 fully saturated rings. The Morgan fingerprint density at radius 3 is 2.74 bits per heavy atom. The Hall–Kier alpha value is -1.49. The van der Waals surface area contributed by atoms with E-state index in [1.54, 1.807) is 6.92 Å². The van der Waals surface area contributed by atoms with Gasteiger partial charge in [-0.05, 0) is 39.8 Å². The van der Waals surface area contributed by atoms with Gasteiger partial charge >= 0.3 is 0 Å². The highest BCUT2D eigenvalue weighted by Gasteiger charge is 2.31. The second kappa shape index (κ2) is 5.25. The summed E-state index contributed by atoms with van der Waals surface area (Å²) in [6.45, 7) is 5.64. The number of hydrogen-bond acceptors (Lipinski definition) is 3. The van der Waals surface area contributed by atoms with Gasteiger partial charge in [0.1, 0.15) is 0 Å². The largest absolute Gasteiger partial charge is 0.347 e. The van der Waals surface area contributed by atoms with E-state index in [0.717, 1.165) is 32.1 Å². The van der Waals surface area contributed by atoms with Crippen LogP contribution in [0, 0.1) is 12.7 Å². The molecule has 0 bridgehead atoms. The number of nitrogens with one attached hydrogen (secondary N) is 1. The Morgan fingerprint density at radius 1 is 1.47 bits per heavy atom. The van der Waals surface area contributed by atoms with Crippen molar-refractivity contribution in [2.45, 2.75) is 32.2 Å². The number of aryl methyl sites for hydroxylation is 1. The zero-order chi connectivity index (χ0) is 14.0. The molecule has 5 heteroatoms. The minimum Gasteiger partial charge on any atom is -0.347 e. The number of halogens is 1. The zero-order valence-corrected chi connectivity index (χ0v) is 11.7. The second-order valence-electron chi connectivity index (χ2n) is 5.62. The molecule has 104 valence electrons. The van der Waals surface area contributed by atoms with Crippen LogP contribution in [0.1, 0.15) is 35.8 Å². The third-order valence-electron chi connectivity index (χ3n) is 3.74. The average molecular weight is 265 g/mol. The van der Waals surface area contributed by atoms with Gasteiger partial charge in [-0.2, -0.15) is 0 Å². The molecule has 4 nitrogen and oxygen atoms in total. The van der Waals surface area contributed by atoms with Gasteiger partial charge < -0.3 is 10.2 Å². The summed E-state index contributed by atoms with van der Waals surface area (Å²) in [5, 5.41) is 2.97. The van der Waals surface area contributed by atoms with Crippen LogP contribution in [0.15, 0.2) is 12.3 Å². The molecule has 0 unspecified atom stereocenters. The van der Waals surface area contributed by atoms with E-state index in [1.165, 1.54) is 6.07 Å². The summed E-state index contributed by atoms with van der Waals surface area (Å²) < 4.78 is 13.6. The van der Waals surface area contributed by atoms with Crippen LogP contribution in [0.2, 0.25) is 0 Å². The van der Waals surface area contributed by atoms with Crippen LogP contribution in [0.3, 0.4) is 0 Å². The predicted octanol–water partition coefficient (Wildman–Crippen LogP) is 1.74. The van der Waals surface area contributed by atoms with Gasteiger partial charge in [-0.3, -0.25) is 9.78 Å². The molecule has 0 radical (unpaired) electrons. The molecule has 0 saturated carbocycles. The number of aromatic nitrogens is 1. The van der Waals surface area contributed by atoms with Crippen LogP contribution in [0.5, 0.6) is 0 Å². The molecule has 1 aliphatic rings. The highest BCUT2D eigenvalue weighted by atomic mass is 19.1. The lowest BCUT2D eigenvalue weighted by Crippen LogP contribution is -2.52. The van der Waals surface area contributed by atoms with Gasteiger partial charge in [0.15, 0.2) is 5.82 Å².